The predicted molar refractivity (Wildman–Crippen MR) is 139 cm³/mol. The Labute approximate surface area is 217 Å². The maximum Gasteiger partial charge on any atom is 0.254 e. The normalized spacial score (nSPS) is 18.8. The molecule has 2 aromatic rings. The number of nitrogens with zero attached hydrogens (tertiary/aromatic N) is 1. The Morgan fingerprint density at radius 2 is 1.76 bits per heavy atom. The Morgan fingerprint density at radius 3 is 2.27 bits per heavy atom. The van der Waals surface area contributed by atoms with Gasteiger partial charge in [0.15, 0.2) is 11.5 Å². The van der Waals surface area contributed by atoms with Crippen molar-refractivity contribution < 1.29 is 27.8 Å². The molecule has 6 nitrogen and oxygen atoms in total. The molecule has 2 fully saturated rings. The first-order valence-electron chi connectivity index (χ1n) is 12.8. The van der Waals surface area contributed by atoms with Gasteiger partial charge in [-0.15, -0.1) is 0 Å². The van der Waals surface area contributed by atoms with Crippen molar-refractivity contribution >= 4 is 12.0 Å². The summed E-state index contributed by atoms with van der Waals surface area (Å²) >= 11 is 0. The summed E-state index contributed by atoms with van der Waals surface area (Å²) in [6, 6.07) is 7.06. The van der Waals surface area contributed by atoms with E-state index in [0.717, 1.165) is 50.3 Å². The fraction of sp³-hybridized carbons (Fsp3) is 0.483. The molecule has 2 aliphatic rings. The van der Waals surface area contributed by atoms with Gasteiger partial charge in [-0.05, 0) is 69.3 Å². The summed E-state index contributed by atoms with van der Waals surface area (Å²) in [7, 11) is 4.56. The van der Waals surface area contributed by atoms with E-state index in [9.17, 15) is 13.6 Å². The number of benzene rings is 2. The summed E-state index contributed by atoms with van der Waals surface area (Å²) in [6.07, 6.45) is 7.03. The highest BCUT2D eigenvalue weighted by atomic mass is 19.1. The largest absolute Gasteiger partial charge is 0.493 e. The zero-order chi connectivity index (χ0) is 26.5. The summed E-state index contributed by atoms with van der Waals surface area (Å²) in [5.74, 6) is 0.215. The molecule has 37 heavy (non-hydrogen) atoms. The molecule has 1 saturated heterocycles. The number of hydrogen-bond acceptors (Lipinski definition) is 5. The lowest BCUT2D eigenvalue weighted by Gasteiger charge is -2.44. The van der Waals surface area contributed by atoms with Crippen LogP contribution in [0.4, 0.5) is 8.78 Å². The molecule has 1 aliphatic heterocycles. The highest BCUT2D eigenvalue weighted by molar-refractivity contribution is 5.96. The molecule has 1 N–H and O–H groups in total. The monoisotopic (exact) mass is 514 g/mol. The lowest BCUT2D eigenvalue weighted by Crippen LogP contribution is -2.56. The SMILES string of the molecule is COc1cc(C(=O)N(CC(C)=Cc2ccc(F)cc2F)C(C2CCC2)C2CCCN2)cc(OC)c1OC. The van der Waals surface area contributed by atoms with Crippen molar-refractivity contribution in [2.45, 2.75) is 51.1 Å². The van der Waals surface area contributed by atoms with Crippen LogP contribution in [0.25, 0.3) is 6.08 Å². The van der Waals surface area contributed by atoms with Crippen molar-refractivity contribution in [1.82, 2.24) is 10.2 Å². The van der Waals surface area contributed by atoms with Crippen LogP contribution in [0, 0.1) is 17.6 Å². The van der Waals surface area contributed by atoms with Crippen LogP contribution in [0.1, 0.15) is 54.9 Å². The van der Waals surface area contributed by atoms with Crippen molar-refractivity contribution in [3.8, 4) is 17.2 Å². The van der Waals surface area contributed by atoms with E-state index in [2.05, 4.69) is 5.32 Å². The number of halogens is 2. The molecule has 1 amide bonds. The zero-order valence-electron chi connectivity index (χ0n) is 22.0. The van der Waals surface area contributed by atoms with Crippen molar-refractivity contribution in [3.05, 3.63) is 58.7 Å². The zero-order valence-corrected chi connectivity index (χ0v) is 22.0. The van der Waals surface area contributed by atoms with Crippen molar-refractivity contribution in [2.24, 2.45) is 5.92 Å². The van der Waals surface area contributed by atoms with Crippen LogP contribution in [0.2, 0.25) is 0 Å². The van der Waals surface area contributed by atoms with Crippen LogP contribution in [0.3, 0.4) is 0 Å². The van der Waals surface area contributed by atoms with Gasteiger partial charge in [0.2, 0.25) is 5.75 Å². The lowest BCUT2D eigenvalue weighted by atomic mass is 9.75. The van der Waals surface area contributed by atoms with Crippen molar-refractivity contribution in [3.63, 3.8) is 0 Å². The number of amides is 1. The maximum atomic E-state index is 14.4. The van der Waals surface area contributed by atoms with Gasteiger partial charge in [-0.25, -0.2) is 8.78 Å². The molecule has 1 aliphatic carbocycles. The Kier molecular flexibility index (Phi) is 8.69. The van der Waals surface area contributed by atoms with Crippen molar-refractivity contribution in [1.29, 1.82) is 0 Å². The third-order valence-corrected chi connectivity index (χ3v) is 7.46. The summed E-state index contributed by atoms with van der Waals surface area (Å²) in [4.78, 5) is 16.1. The standard InChI is InChI=1S/C29H36F2N2O4/c1-18(13-20-10-11-22(30)16-23(20)31)17-33(27(19-7-5-8-19)24-9-6-12-32-24)29(34)21-14-25(35-2)28(37-4)26(15-21)36-3/h10-11,13-16,19,24,27,32H,5-9,12,17H2,1-4H3. The van der Waals surface area contributed by atoms with E-state index in [-0.39, 0.29) is 18.0 Å². The molecule has 1 saturated carbocycles. The minimum atomic E-state index is -0.630. The lowest BCUT2D eigenvalue weighted by molar-refractivity contribution is 0.0467. The van der Waals surface area contributed by atoms with E-state index in [4.69, 9.17) is 14.2 Å². The van der Waals surface area contributed by atoms with Gasteiger partial charge < -0.3 is 24.4 Å². The van der Waals surface area contributed by atoms with E-state index in [1.54, 1.807) is 18.2 Å². The topological polar surface area (TPSA) is 60.0 Å². The number of hydrogen-bond donors (Lipinski definition) is 1. The number of carbonyl (C=O) groups excluding carboxylic acids is 1. The molecule has 0 aromatic heterocycles. The second-order valence-corrected chi connectivity index (χ2v) is 9.89. The van der Waals surface area contributed by atoms with Crippen LogP contribution in [-0.4, -0.2) is 57.3 Å². The number of ether oxygens (including phenoxy) is 3. The summed E-state index contributed by atoms with van der Waals surface area (Å²) in [5, 5.41) is 3.61. The minimum absolute atomic E-state index is 0.00995. The number of rotatable bonds is 10. The molecule has 2 aromatic carbocycles. The van der Waals surface area contributed by atoms with Gasteiger partial charge in [0.25, 0.3) is 5.91 Å². The Balaban J connectivity index is 1.74. The molecule has 0 bridgehead atoms. The van der Waals surface area contributed by atoms with E-state index < -0.39 is 11.6 Å². The van der Waals surface area contributed by atoms with Crippen molar-refractivity contribution in [2.75, 3.05) is 34.4 Å². The first-order valence-corrected chi connectivity index (χ1v) is 12.8. The van der Waals surface area contributed by atoms with Gasteiger partial charge in [-0.3, -0.25) is 4.79 Å². The third kappa shape index (κ3) is 5.90. The molecule has 2 unspecified atom stereocenters. The number of methoxy groups -OCH3 is 3. The van der Waals surface area contributed by atoms with Gasteiger partial charge in [-0.2, -0.15) is 0 Å². The molecule has 2 atom stereocenters. The van der Waals surface area contributed by atoms with Gasteiger partial charge in [-0.1, -0.05) is 18.1 Å². The van der Waals surface area contributed by atoms with Gasteiger partial charge in [0.05, 0.1) is 27.4 Å². The molecule has 0 radical (unpaired) electrons. The molecule has 4 rings (SSSR count). The fourth-order valence-electron chi connectivity index (χ4n) is 5.47. The quantitative estimate of drug-likeness (QED) is 0.457. The molecule has 0 spiro atoms. The average molecular weight is 515 g/mol. The maximum absolute atomic E-state index is 14.4. The molecular weight excluding hydrogens is 478 g/mol. The van der Waals surface area contributed by atoms with Crippen LogP contribution >= 0.6 is 0 Å². The van der Waals surface area contributed by atoms with E-state index in [1.807, 2.05) is 11.8 Å². The second-order valence-electron chi connectivity index (χ2n) is 9.89. The Bertz CT molecular complexity index is 1120. The smallest absolute Gasteiger partial charge is 0.254 e. The second kappa shape index (κ2) is 11.9. The Hall–Kier alpha value is -3.13. The van der Waals surface area contributed by atoms with E-state index >= 15 is 0 Å². The minimum Gasteiger partial charge on any atom is -0.493 e. The highest BCUT2D eigenvalue weighted by Gasteiger charge is 2.41. The van der Waals surface area contributed by atoms with E-state index in [1.165, 1.54) is 33.5 Å². The Morgan fingerprint density at radius 1 is 1.05 bits per heavy atom. The number of nitrogens with one attached hydrogen (secondary N) is 1. The third-order valence-electron chi connectivity index (χ3n) is 7.46. The summed E-state index contributed by atoms with van der Waals surface area (Å²) in [6.45, 7) is 3.11. The highest BCUT2D eigenvalue weighted by Crippen LogP contribution is 2.40. The van der Waals surface area contributed by atoms with Crippen LogP contribution < -0.4 is 19.5 Å². The average Bonchev–Trinajstić information content (AvgIpc) is 3.39. The summed E-state index contributed by atoms with van der Waals surface area (Å²) in [5.41, 5.74) is 1.52. The fourth-order valence-corrected chi connectivity index (χ4v) is 5.47. The first kappa shape index (κ1) is 26.9. The van der Waals surface area contributed by atoms with Crippen LogP contribution in [0.15, 0.2) is 35.9 Å². The molecule has 1 heterocycles. The summed E-state index contributed by atoms with van der Waals surface area (Å²) < 4.78 is 44.3. The van der Waals surface area contributed by atoms with E-state index in [0.29, 0.717) is 40.8 Å². The van der Waals surface area contributed by atoms with Crippen LogP contribution in [0.5, 0.6) is 17.2 Å². The first-order chi connectivity index (χ1) is 17.9. The number of carbonyl (C=O) groups is 1. The molecule has 200 valence electrons. The van der Waals surface area contributed by atoms with Gasteiger partial charge in [0.1, 0.15) is 11.6 Å². The predicted octanol–water partition coefficient (Wildman–Crippen LogP) is 5.46. The molecular formula is C29H36F2N2O4. The molecule has 8 heteroatoms. The van der Waals surface area contributed by atoms with Gasteiger partial charge >= 0.3 is 0 Å². The van der Waals surface area contributed by atoms with Crippen LogP contribution in [-0.2, 0) is 0 Å². The van der Waals surface area contributed by atoms with Gasteiger partial charge in [0, 0.05) is 29.8 Å².